The summed E-state index contributed by atoms with van der Waals surface area (Å²) in [5, 5.41) is 0. The van der Waals surface area contributed by atoms with Gasteiger partial charge in [0.05, 0.1) is 6.42 Å². The SMILES string of the molecule is CC1=CC(=O)[C@H]2CC(=O)[C@H]3[C@@](C)(C[C@@]45OC(=O)C[C@]3(C)[C@]4(C)CCC34C[C@@H](C)C[C@@H](O3)C(=O)N45)[C@@H]2C1. The molecule has 6 fully saturated rings. The Hall–Kier alpha value is -2.02. The minimum absolute atomic E-state index is 0.0231. The van der Waals surface area contributed by atoms with Crippen LogP contribution in [0.4, 0.5) is 0 Å². The van der Waals surface area contributed by atoms with Gasteiger partial charge < -0.3 is 9.47 Å². The second-order valence-electron chi connectivity index (χ2n) is 14.1. The Morgan fingerprint density at radius 3 is 2.56 bits per heavy atom. The zero-order valence-electron chi connectivity index (χ0n) is 22.0. The molecule has 7 nitrogen and oxygen atoms in total. The van der Waals surface area contributed by atoms with E-state index in [2.05, 4.69) is 27.7 Å². The number of piperidine rings is 1. The minimum Gasteiger partial charge on any atom is -0.438 e. The van der Waals surface area contributed by atoms with Crippen molar-refractivity contribution in [2.75, 3.05) is 0 Å². The van der Waals surface area contributed by atoms with Crippen molar-refractivity contribution >= 4 is 23.4 Å². The van der Waals surface area contributed by atoms with Crippen LogP contribution in [0.5, 0.6) is 0 Å². The smallest absolute Gasteiger partial charge is 0.308 e. The number of ketones is 2. The number of rotatable bonds is 0. The van der Waals surface area contributed by atoms with Crippen LogP contribution in [0.15, 0.2) is 11.6 Å². The molecule has 3 aliphatic carbocycles. The van der Waals surface area contributed by atoms with E-state index in [1.54, 1.807) is 6.08 Å². The maximum Gasteiger partial charge on any atom is 0.308 e. The molecular weight excluding hydrogens is 458 g/mol. The number of amides is 1. The van der Waals surface area contributed by atoms with Crippen LogP contribution in [0.3, 0.4) is 0 Å². The van der Waals surface area contributed by atoms with E-state index in [1.165, 1.54) is 0 Å². The Morgan fingerprint density at radius 2 is 1.81 bits per heavy atom. The van der Waals surface area contributed by atoms with Crippen molar-refractivity contribution in [3.8, 4) is 0 Å². The number of hydrogen-bond donors (Lipinski definition) is 0. The molecule has 194 valence electrons. The van der Waals surface area contributed by atoms with Crippen LogP contribution in [0, 0.1) is 39.9 Å². The summed E-state index contributed by atoms with van der Waals surface area (Å²) in [6.07, 6.45) is 5.57. The number of nitrogens with zero attached hydrogens (tertiary/aromatic N) is 1. The van der Waals surface area contributed by atoms with E-state index >= 15 is 0 Å². The highest BCUT2D eigenvalue weighted by Gasteiger charge is 2.83. The molecule has 1 spiro atoms. The third kappa shape index (κ3) is 2.32. The summed E-state index contributed by atoms with van der Waals surface area (Å²) in [4.78, 5) is 56.5. The molecule has 0 aromatic heterocycles. The van der Waals surface area contributed by atoms with E-state index in [1.807, 2.05) is 11.8 Å². The third-order valence-corrected chi connectivity index (χ3v) is 12.1. The second-order valence-corrected chi connectivity index (χ2v) is 14.1. The van der Waals surface area contributed by atoms with E-state index in [-0.39, 0.29) is 54.0 Å². The van der Waals surface area contributed by atoms with Crippen molar-refractivity contribution in [2.24, 2.45) is 39.9 Å². The number of esters is 1. The topological polar surface area (TPSA) is 90.0 Å². The first-order valence-electron chi connectivity index (χ1n) is 13.8. The first kappa shape index (κ1) is 23.1. The van der Waals surface area contributed by atoms with Gasteiger partial charge in [0.25, 0.3) is 5.91 Å². The van der Waals surface area contributed by atoms with Gasteiger partial charge in [-0.15, -0.1) is 0 Å². The van der Waals surface area contributed by atoms with E-state index in [9.17, 15) is 19.2 Å². The van der Waals surface area contributed by atoms with Crippen molar-refractivity contribution in [2.45, 2.75) is 104 Å². The van der Waals surface area contributed by atoms with Gasteiger partial charge in [-0.25, -0.2) is 0 Å². The molecule has 4 bridgehead atoms. The Morgan fingerprint density at radius 1 is 1.06 bits per heavy atom. The molecule has 1 unspecified atom stereocenters. The highest BCUT2D eigenvalue weighted by atomic mass is 16.6. The van der Waals surface area contributed by atoms with Crippen molar-refractivity contribution < 1.29 is 28.7 Å². The predicted octanol–water partition coefficient (Wildman–Crippen LogP) is 3.94. The monoisotopic (exact) mass is 495 g/mol. The lowest BCUT2D eigenvalue weighted by Gasteiger charge is -2.76. The van der Waals surface area contributed by atoms with Gasteiger partial charge in [-0.3, -0.25) is 24.1 Å². The van der Waals surface area contributed by atoms with Crippen LogP contribution in [-0.2, 0) is 28.7 Å². The van der Waals surface area contributed by atoms with Crippen molar-refractivity contribution in [3.05, 3.63) is 11.6 Å². The fourth-order valence-corrected chi connectivity index (χ4v) is 10.8. The molecule has 0 aromatic rings. The lowest BCUT2D eigenvalue weighted by molar-refractivity contribution is -0.373. The number of allylic oxidation sites excluding steroid dienone is 2. The first-order valence-corrected chi connectivity index (χ1v) is 13.8. The quantitative estimate of drug-likeness (QED) is 0.473. The van der Waals surface area contributed by atoms with Crippen molar-refractivity contribution in [1.82, 2.24) is 4.90 Å². The largest absolute Gasteiger partial charge is 0.438 e. The molecule has 0 N–H and O–H groups in total. The van der Waals surface area contributed by atoms with Gasteiger partial charge in [0.2, 0.25) is 0 Å². The molecule has 7 aliphatic rings. The molecular formula is C29H37NO6. The summed E-state index contributed by atoms with van der Waals surface area (Å²) < 4.78 is 13.0. The van der Waals surface area contributed by atoms with Gasteiger partial charge in [-0.05, 0) is 67.8 Å². The van der Waals surface area contributed by atoms with Gasteiger partial charge in [0.15, 0.2) is 11.5 Å². The van der Waals surface area contributed by atoms with Crippen LogP contribution < -0.4 is 0 Å². The van der Waals surface area contributed by atoms with Crippen LogP contribution in [0.2, 0.25) is 0 Å². The second kappa shape index (κ2) is 6.51. The highest BCUT2D eigenvalue weighted by Crippen LogP contribution is 2.77. The molecule has 0 aromatic carbocycles. The number of carbonyl (C=O) groups is 4. The zero-order chi connectivity index (χ0) is 25.6. The first-order chi connectivity index (χ1) is 16.8. The summed E-state index contributed by atoms with van der Waals surface area (Å²) in [7, 11) is 0. The van der Waals surface area contributed by atoms with Gasteiger partial charge >= 0.3 is 5.97 Å². The molecule has 4 heterocycles. The predicted molar refractivity (Wildman–Crippen MR) is 128 cm³/mol. The Kier molecular flexibility index (Phi) is 4.18. The van der Waals surface area contributed by atoms with E-state index in [0.717, 1.165) is 24.8 Å². The number of hydrogen-bond acceptors (Lipinski definition) is 6. The number of carbonyl (C=O) groups excluding carboxylic acids is 4. The molecule has 4 saturated heterocycles. The maximum atomic E-state index is 14.1. The number of fused-ring (bicyclic) bond motifs is 5. The molecule has 7 heteroatoms. The fraction of sp³-hybridized carbons (Fsp3) is 0.793. The molecule has 7 rings (SSSR count). The average Bonchev–Trinajstić information content (AvgIpc) is 2.96. The van der Waals surface area contributed by atoms with E-state index in [4.69, 9.17) is 9.47 Å². The number of Topliss-reactive ketones (excluding diaryl/α,β-unsaturated/α-hetero) is 1. The lowest BCUT2D eigenvalue weighted by atomic mass is 9.34. The highest BCUT2D eigenvalue weighted by molar-refractivity contribution is 5.99. The van der Waals surface area contributed by atoms with Gasteiger partial charge in [-0.2, -0.15) is 0 Å². The molecule has 4 aliphatic heterocycles. The third-order valence-electron chi connectivity index (χ3n) is 12.1. The van der Waals surface area contributed by atoms with Gasteiger partial charge in [0.1, 0.15) is 17.6 Å². The molecule has 1 amide bonds. The standard InChI is InChI=1S/C29H37NO6/c1-15-8-18-17(19(31)9-15)11-20(32)23-25(18,3)14-29-27(5,26(23,4)13-22(33)36-29)6-7-28-12-16(2)10-21(35-28)24(34)30(28)29/h9,16-18,21,23H,6-8,10-14H2,1-5H3/t16-,17-,18+,21+,23-,25-,26-,27-,28?,29+/m0/s1. The van der Waals surface area contributed by atoms with Gasteiger partial charge in [0, 0.05) is 30.1 Å². The minimum atomic E-state index is -1.18. The Balaban J connectivity index is 1.47. The molecule has 2 saturated carbocycles. The molecule has 10 atom stereocenters. The van der Waals surface area contributed by atoms with Crippen LogP contribution >= 0.6 is 0 Å². The summed E-state index contributed by atoms with van der Waals surface area (Å²) in [6, 6.07) is 0. The van der Waals surface area contributed by atoms with Crippen molar-refractivity contribution in [1.29, 1.82) is 0 Å². The Labute approximate surface area is 212 Å². The molecule has 36 heavy (non-hydrogen) atoms. The normalized spacial score (nSPS) is 55.2. The summed E-state index contributed by atoms with van der Waals surface area (Å²) in [6.45, 7) is 10.6. The summed E-state index contributed by atoms with van der Waals surface area (Å²) in [5.74, 6) is -0.650. The van der Waals surface area contributed by atoms with Crippen molar-refractivity contribution in [3.63, 3.8) is 0 Å². The van der Waals surface area contributed by atoms with E-state index in [0.29, 0.717) is 25.2 Å². The zero-order valence-corrected chi connectivity index (χ0v) is 22.0. The molecule has 0 radical (unpaired) electrons. The lowest BCUT2D eigenvalue weighted by Crippen LogP contribution is -2.83. The number of ether oxygens (including phenoxy) is 2. The van der Waals surface area contributed by atoms with E-state index < -0.39 is 33.8 Å². The van der Waals surface area contributed by atoms with Crippen LogP contribution in [0.25, 0.3) is 0 Å². The summed E-state index contributed by atoms with van der Waals surface area (Å²) in [5.41, 5.74) is -2.76. The van der Waals surface area contributed by atoms with Crippen LogP contribution in [0.1, 0.15) is 86.0 Å². The van der Waals surface area contributed by atoms with Gasteiger partial charge in [-0.1, -0.05) is 33.3 Å². The fourth-order valence-electron chi connectivity index (χ4n) is 10.8. The maximum absolute atomic E-state index is 14.1. The Bertz CT molecular complexity index is 1180. The summed E-state index contributed by atoms with van der Waals surface area (Å²) >= 11 is 0. The average molecular weight is 496 g/mol. The van der Waals surface area contributed by atoms with Crippen LogP contribution in [-0.4, -0.2) is 45.9 Å².